The summed E-state index contributed by atoms with van der Waals surface area (Å²) in [5.41, 5.74) is 2.60. The molecule has 0 atom stereocenters. The SMILES string of the molecule is CCCC=NNc1ccc(S(=O)(=O)Nc2ccc(OC)cc2)cc1[N+](=O)[O-]. The molecule has 144 valence electrons. The second kappa shape index (κ2) is 8.99. The number of nitro benzene ring substituents is 1. The summed E-state index contributed by atoms with van der Waals surface area (Å²) in [5, 5.41) is 15.2. The molecule has 2 aromatic rings. The van der Waals surface area contributed by atoms with Crippen LogP contribution in [0, 0.1) is 10.1 Å². The van der Waals surface area contributed by atoms with Crippen LogP contribution in [0.3, 0.4) is 0 Å². The molecule has 9 nitrogen and oxygen atoms in total. The summed E-state index contributed by atoms with van der Waals surface area (Å²) < 4.78 is 32.4. The Morgan fingerprint density at radius 1 is 1.22 bits per heavy atom. The highest BCUT2D eigenvalue weighted by Crippen LogP contribution is 2.28. The molecule has 0 aromatic heterocycles. The number of anilines is 2. The first-order valence-corrected chi connectivity index (χ1v) is 9.58. The molecule has 0 saturated heterocycles. The van der Waals surface area contributed by atoms with Gasteiger partial charge >= 0.3 is 0 Å². The zero-order chi connectivity index (χ0) is 19.9. The van der Waals surface area contributed by atoms with Gasteiger partial charge in [-0.2, -0.15) is 5.10 Å². The van der Waals surface area contributed by atoms with Crippen LogP contribution < -0.4 is 14.9 Å². The molecule has 0 bridgehead atoms. The van der Waals surface area contributed by atoms with Gasteiger partial charge in [0.1, 0.15) is 11.4 Å². The van der Waals surface area contributed by atoms with Crippen LogP contribution in [0.25, 0.3) is 0 Å². The monoisotopic (exact) mass is 392 g/mol. The Kier molecular flexibility index (Phi) is 6.72. The van der Waals surface area contributed by atoms with Crippen molar-refractivity contribution in [1.29, 1.82) is 0 Å². The van der Waals surface area contributed by atoms with Crippen LogP contribution in [0.5, 0.6) is 5.75 Å². The summed E-state index contributed by atoms with van der Waals surface area (Å²) in [6.07, 6.45) is 3.21. The number of methoxy groups -OCH3 is 1. The van der Waals surface area contributed by atoms with Crippen LogP contribution in [0.2, 0.25) is 0 Å². The van der Waals surface area contributed by atoms with Gasteiger partial charge in [-0.05, 0) is 42.8 Å². The minimum atomic E-state index is -4.00. The second-order valence-corrected chi connectivity index (χ2v) is 7.16. The van der Waals surface area contributed by atoms with Gasteiger partial charge in [0.05, 0.1) is 16.9 Å². The largest absolute Gasteiger partial charge is 0.497 e. The predicted octanol–water partition coefficient (Wildman–Crippen LogP) is 3.60. The van der Waals surface area contributed by atoms with E-state index in [2.05, 4.69) is 15.2 Å². The van der Waals surface area contributed by atoms with Crippen molar-refractivity contribution in [2.45, 2.75) is 24.7 Å². The number of unbranched alkanes of at least 4 members (excludes halogenated alkanes) is 1. The van der Waals surface area contributed by atoms with E-state index >= 15 is 0 Å². The van der Waals surface area contributed by atoms with E-state index in [1.54, 1.807) is 18.3 Å². The standard InChI is InChI=1S/C17H20N4O5S/c1-3-4-11-18-19-16-10-9-15(12-17(16)21(22)23)27(24,25)20-13-5-7-14(26-2)8-6-13/h5-12,19-20H,3-4H2,1-2H3. The molecule has 0 spiro atoms. The van der Waals surface area contributed by atoms with Gasteiger partial charge in [0.15, 0.2) is 0 Å². The topological polar surface area (TPSA) is 123 Å². The lowest BCUT2D eigenvalue weighted by atomic mass is 10.3. The molecular weight excluding hydrogens is 372 g/mol. The van der Waals surface area contributed by atoms with Crippen molar-refractivity contribution in [3.63, 3.8) is 0 Å². The van der Waals surface area contributed by atoms with Crippen LogP contribution >= 0.6 is 0 Å². The van der Waals surface area contributed by atoms with E-state index in [0.29, 0.717) is 11.4 Å². The number of benzene rings is 2. The lowest BCUT2D eigenvalue weighted by Crippen LogP contribution is -2.13. The molecule has 10 heteroatoms. The van der Waals surface area contributed by atoms with Gasteiger partial charge in [-0.25, -0.2) is 8.42 Å². The van der Waals surface area contributed by atoms with Crippen molar-refractivity contribution in [2.75, 3.05) is 17.3 Å². The average molecular weight is 392 g/mol. The number of hydrogen-bond acceptors (Lipinski definition) is 7. The van der Waals surface area contributed by atoms with E-state index in [1.807, 2.05) is 6.92 Å². The summed E-state index contributed by atoms with van der Waals surface area (Å²) in [4.78, 5) is 10.4. The Morgan fingerprint density at radius 3 is 2.52 bits per heavy atom. The number of nitrogens with zero attached hydrogens (tertiary/aromatic N) is 2. The van der Waals surface area contributed by atoms with E-state index in [1.165, 1.54) is 31.4 Å². The maximum absolute atomic E-state index is 12.5. The van der Waals surface area contributed by atoms with Crippen LogP contribution in [0.1, 0.15) is 19.8 Å². The fourth-order valence-corrected chi connectivity index (χ4v) is 3.18. The maximum atomic E-state index is 12.5. The Hall–Kier alpha value is -3.14. The highest BCUT2D eigenvalue weighted by atomic mass is 32.2. The van der Waals surface area contributed by atoms with Crippen molar-refractivity contribution >= 4 is 33.3 Å². The highest BCUT2D eigenvalue weighted by molar-refractivity contribution is 7.92. The maximum Gasteiger partial charge on any atom is 0.295 e. The lowest BCUT2D eigenvalue weighted by Gasteiger charge is -2.10. The second-order valence-electron chi connectivity index (χ2n) is 5.48. The zero-order valence-electron chi connectivity index (χ0n) is 14.9. The number of ether oxygens (including phenoxy) is 1. The lowest BCUT2D eigenvalue weighted by molar-refractivity contribution is -0.384. The number of rotatable bonds is 9. The molecule has 0 aliphatic heterocycles. The van der Waals surface area contributed by atoms with Crippen molar-refractivity contribution < 1.29 is 18.1 Å². The molecule has 2 N–H and O–H groups in total. The third kappa shape index (κ3) is 5.42. The summed E-state index contributed by atoms with van der Waals surface area (Å²) in [7, 11) is -2.50. The van der Waals surface area contributed by atoms with Crippen molar-refractivity contribution in [3.05, 3.63) is 52.6 Å². The van der Waals surface area contributed by atoms with Crippen LogP contribution in [-0.4, -0.2) is 26.7 Å². The van der Waals surface area contributed by atoms with E-state index in [-0.39, 0.29) is 16.3 Å². The smallest absolute Gasteiger partial charge is 0.295 e. The Morgan fingerprint density at radius 2 is 1.93 bits per heavy atom. The molecular formula is C17H20N4O5S. The van der Waals surface area contributed by atoms with Gasteiger partial charge in [0.25, 0.3) is 15.7 Å². The van der Waals surface area contributed by atoms with Gasteiger partial charge in [-0.1, -0.05) is 13.3 Å². The quantitative estimate of drug-likeness (QED) is 0.382. The van der Waals surface area contributed by atoms with E-state index in [0.717, 1.165) is 18.9 Å². The molecule has 0 radical (unpaired) electrons. The molecule has 0 amide bonds. The Labute approximate surface area is 157 Å². The molecule has 0 aliphatic rings. The van der Waals surface area contributed by atoms with Gasteiger partial charge in [-0.3, -0.25) is 20.3 Å². The Balaban J connectivity index is 2.27. The predicted molar refractivity (Wildman–Crippen MR) is 104 cm³/mol. The van der Waals surface area contributed by atoms with Crippen molar-refractivity contribution in [2.24, 2.45) is 5.10 Å². The van der Waals surface area contributed by atoms with Crippen LogP contribution in [-0.2, 0) is 10.0 Å². The first-order chi connectivity index (χ1) is 12.9. The number of nitro groups is 1. The summed E-state index contributed by atoms with van der Waals surface area (Å²) >= 11 is 0. The van der Waals surface area contributed by atoms with E-state index < -0.39 is 14.9 Å². The minimum absolute atomic E-state index is 0.107. The fraction of sp³-hybridized carbons (Fsp3) is 0.235. The van der Waals surface area contributed by atoms with Crippen LogP contribution in [0.15, 0.2) is 52.5 Å². The van der Waals surface area contributed by atoms with E-state index in [4.69, 9.17) is 4.74 Å². The average Bonchev–Trinajstić information content (AvgIpc) is 2.65. The summed E-state index contributed by atoms with van der Waals surface area (Å²) in [5.74, 6) is 0.577. The first kappa shape index (κ1) is 20.2. The normalized spacial score (nSPS) is 11.3. The van der Waals surface area contributed by atoms with Crippen LogP contribution in [0.4, 0.5) is 17.1 Å². The number of hydrazone groups is 1. The van der Waals surface area contributed by atoms with Gasteiger partial charge < -0.3 is 4.74 Å². The molecule has 27 heavy (non-hydrogen) atoms. The number of sulfonamides is 1. The van der Waals surface area contributed by atoms with Crippen molar-refractivity contribution in [3.8, 4) is 5.75 Å². The summed E-state index contributed by atoms with van der Waals surface area (Å²) in [6.45, 7) is 1.98. The Bertz CT molecular complexity index is 927. The van der Waals surface area contributed by atoms with Gasteiger partial charge in [-0.15, -0.1) is 0 Å². The van der Waals surface area contributed by atoms with Gasteiger partial charge in [0, 0.05) is 18.0 Å². The summed E-state index contributed by atoms with van der Waals surface area (Å²) in [6, 6.07) is 9.83. The van der Waals surface area contributed by atoms with Gasteiger partial charge in [0.2, 0.25) is 0 Å². The first-order valence-electron chi connectivity index (χ1n) is 8.10. The number of hydrogen-bond donors (Lipinski definition) is 2. The molecule has 0 heterocycles. The molecule has 2 rings (SSSR count). The zero-order valence-corrected chi connectivity index (χ0v) is 15.7. The van der Waals surface area contributed by atoms with Crippen molar-refractivity contribution in [1.82, 2.24) is 0 Å². The molecule has 0 unspecified atom stereocenters. The molecule has 0 aliphatic carbocycles. The highest BCUT2D eigenvalue weighted by Gasteiger charge is 2.21. The van der Waals surface area contributed by atoms with E-state index in [9.17, 15) is 18.5 Å². The fourth-order valence-electron chi connectivity index (χ4n) is 2.11. The molecule has 2 aromatic carbocycles. The minimum Gasteiger partial charge on any atom is -0.497 e. The molecule has 0 fully saturated rings. The molecule has 0 saturated carbocycles. The third-order valence-electron chi connectivity index (χ3n) is 3.51. The third-order valence-corrected chi connectivity index (χ3v) is 4.89. The number of nitrogens with one attached hydrogen (secondary N) is 2.